The Balaban J connectivity index is 1.80. The van der Waals surface area contributed by atoms with E-state index in [1.807, 2.05) is 4.90 Å². The Morgan fingerprint density at radius 1 is 1.09 bits per heavy atom. The highest BCUT2D eigenvalue weighted by Gasteiger charge is 2.38. The van der Waals surface area contributed by atoms with Gasteiger partial charge in [-0.25, -0.2) is 0 Å². The zero-order valence-electron chi connectivity index (χ0n) is 14.7. The van der Waals surface area contributed by atoms with Crippen molar-refractivity contribution < 1.29 is 14.3 Å². The molecular weight excluding hydrogens is 292 g/mol. The molecule has 1 heterocycles. The molecule has 0 aromatic heterocycles. The summed E-state index contributed by atoms with van der Waals surface area (Å²) in [7, 11) is 0. The summed E-state index contributed by atoms with van der Waals surface area (Å²) in [5.74, 6) is 0.487. The summed E-state index contributed by atoms with van der Waals surface area (Å²) < 4.78 is 5.50. The first kappa shape index (κ1) is 18.2. The number of nitrogens with one attached hydrogen (secondary N) is 1. The third-order valence-corrected chi connectivity index (χ3v) is 4.83. The molecule has 1 aliphatic carbocycles. The average Bonchev–Trinajstić information content (AvgIpc) is 3.08. The van der Waals surface area contributed by atoms with E-state index < -0.39 is 0 Å². The molecule has 1 aliphatic heterocycles. The Hall–Kier alpha value is -1.10. The van der Waals surface area contributed by atoms with Crippen LogP contribution >= 0.6 is 0 Å². The van der Waals surface area contributed by atoms with Crippen LogP contribution in [0.5, 0.6) is 0 Å². The molecule has 5 nitrogen and oxygen atoms in total. The van der Waals surface area contributed by atoms with Crippen LogP contribution in [0.1, 0.15) is 52.4 Å². The topological polar surface area (TPSA) is 58.6 Å². The fourth-order valence-electron chi connectivity index (χ4n) is 3.61. The van der Waals surface area contributed by atoms with Crippen LogP contribution in [0.2, 0.25) is 0 Å². The summed E-state index contributed by atoms with van der Waals surface area (Å²) in [6.45, 7) is 7.74. The summed E-state index contributed by atoms with van der Waals surface area (Å²) in [6, 6.07) is 0. The maximum Gasteiger partial charge on any atom is 0.226 e. The lowest BCUT2D eigenvalue weighted by Gasteiger charge is -2.32. The van der Waals surface area contributed by atoms with Crippen LogP contribution in [0.4, 0.5) is 0 Å². The summed E-state index contributed by atoms with van der Waals surface area (Å²) in [5.41, 5.74) is 0. The Kier molecular flexibility index (Phi) is 7.34. The van der Waals surface area contributed by atoms with Gasteiger partial charge in [-0.1, -0.05) is 26.7 Å². The second kappa shape index (κ2) is 9.26. The Labute approximate surface area is 140 Å². The van der Waals surface area contributed by atoms with Crippen molar-refractivity contribution >= 4 is 11.8 Å². The number of amides is 2. The van der Waals surface area contributed by atoms with E-state index in [9.17, 15) is 9.59 Å². The molecule has 5 heteroatoms. The molecule has 2 aliphatic rings. The van der Waals surface area contributed by atoms with Crippen LogP contribution in [-0.4, -0.2) is 49.6 Å². The number of rotatable bonds is 7. The van der Waals surface area contributed by atoms with Crippen LogP contribution in [0.25, 0.3) is 0 Å². The van der Waals surface area contributed by atoms with Crippen molar-refractivity contribution in [2.45, 2.75) is 52.4 Å². The zero-order valence-corrected chi connectivity index (χ0v) is 14.7. The second-order valence-electron chi connectivity index (χ2n) is 7.29. The Morgan fingerprint density at radius 2 is 1.74 bits per heavy atom. The number of hydrogen-bond donors (Lipinski definition) is 1. The lowest BCUT2D eigenvalue weighted by atomic mass is 9.78. The number of carbonyl (C=O) groups is 2. The van der Waals surface area contributed by atoms with Crippen LogP contribution in [-0.2, 0) is 14.3 Å². The van der Waals surface area contributed by atoms with Crippen LogP contribution in [0, 0.1) is 17.8 Å². The van der Waals surface area contributed by atoms with Gasteiger partial charge in [-0.3, -0.25) is 9.59 Å². The normalized spacial score (nSPS) is 24.9. The highest BCUT2D eigenvalue weighted by Crippen LogP contribution is 2.32. The molecule has 2 fully saturated rings. The molecule has 132 valence electrons. The van der Waals surface area contributed by atoms with Crippen molar-refractivity contribution in [1.82, 2.24) is 10.2 Å². The fourth-order valence-corrected chi connectivity index (χ4v) is 3.61. The van der Waals surface area contributed by atoms with Crippen molar-refractivity contribution in [3.05, 3.63) is 0 Å². The van der Waals surface area contributed by atoms with E-state index in [4.69, 9.17) is 4.74 Å². The van der Waals surface area contributed by atoms with Gasteiger partial charge in [0.05, 0.1) is 6.61 Å². The number of nitrogens with zero attached hydrogens (tertiary/aromatic N) is 1. The molecular formula is C18H32N2O3. The summed E-state index contributed by atoms with van der Waals surface area (Å²) >= 11 is 0. The molecule has 0 aromatic carbocycles. The Bertz CT molecular complexity index is 392. The van der Waals surface area contributed by atoms with Gasteiger partial charge in [0, 0.05) is 38.1 Å². The van der Waals surface area contributed by atoms with E-state index in [-0.39, 0.29) is 23.7 Å². The fraction of sp³-hybridized carbons (Fsp3) is 0.889. The predicted octanol–water partition coefficient (Wildman–Crippen LogP) is 2.20. The quantitative estimate of drug-likeness (QED) is 0.731. The summed E-state index contributed by atoms with van der Waals surface area (Å²) in [5, 5.41) is 2.97. The number of likely N-dealkylation sites (tertiary alicyclic amines) is 1. The largest absolute Gasteiger partial charge is 0.379 e. The number of ether oxygens (including phenoxy) is 1. The van der Waals surface area contributed by atoms with Crippen LogP contribution < -0.4 is 5.32 Å². The molecule has 2 amide bonds. The van der Waals surface area contributed by atoms with E-state index in [2.05, 4.69) is 19.2 Å². The van der Waals surface area contributed by atoms with Crippen LogP contribution in [0.15, 0.2) is 0 Å². The first-order valence-corrected chi connectivity index (χ1v) is 9.24. The maximum absolute atomic E-state index is 12.7. The highest BCUT2D eigenvalue weighted by molar-refractivity contribution is 5.88. The zero-order chi connectivity index (χ0) is 16.7. The minimum atomic E-state index is -0.151. The van der Waals surface area contributed by atoms with Crippen molar-refractivity contribution in [2.24, 2.45) is 17.8 Å². The van der Waals surface area contributed by atoms with Gasteiger partial charge in [0.25, 0.3) is 0 Å². The SMILES string of the molecule is CC(C)COCCNC(=O)C1CCCCC1C(=O)N1CCCC1. The summed E-state index contributed by atoms with van der Waals surface area (Å²) in [4.78, 5) is 27.1. The standard InChI is InChI=1S/C18H32N2O3/c1-14(2)13-23-12-9-19-17(21)15-7-3-4-8-16(15)18(22)20-10-5-6-11-20/h14-16H,3-13H2,1-2H3,(H,19,21). The Morgan fingerprint density at radius 3 is 2.39 bits per heavy atom. The first-order chi connectivity index (χ1) is 11.1. The molecule has 0 bridgehead atoms. The van der Waals surface area contributed by atoms with E-state index in [0.717, 1.165) is 58.2 Å². The maximum atomic E-state index is 12.7. The van der Waals surface area contributed by atoms with Gasteiger partial charge >= 0.3 is 0 Å². The van der Waals surface area contributed by atoms with Crippen molar-refractivity contribution in [1.29, 1.82) is 0 Å². The van der Waals surface area contributed by atoms with Gasteiger partial charge in [-0.15, -0.1) is 0 Å². The third-order valence-electron chi connectivity index (χ3n) is 4.83. The van der Waals surface area contributed by atoms with E-state index in [1.165, 1.54) is 0 Å². The van der Waals surface area contributed by atoms with Gasteiger partial charge in [-0.05, 0) is 31.6 Å². The molecule has 0 aromatic rings. The predicted molar refractivity (Wildman–Crippen MR) is 89.9 cm³/mol. The van der Waals surface area contributed by atoms with Crippen LogP contribution in [0.3, 0.4) is 0 Å². The number of hydrogen-bond acceptors (Lipinski definition) is 3. The molecule has 1 N–H and O–H groups in total. The van der Waals surface area contributed by atoms with E-state index in [0.29, 0.717) is 19.1 Å². The lowest BCUT2D eigenvalue weighted by molar-refractivity contribution is -0.142. The van der Waals surface area contributed by atoms with Gasteiger partial charge in [0.1, 0.15) is 0 Å². The number of carbonyl (C=O) groups excluding carboxylic acids is 2. The van der Waals surface area contributed by atoms with Gasteiger partial charge < -0.3 is 15.0 Å². The van der Waals surface area contributed by atoms with Gasteiger partial charge in [0.15, 0.2) is 0 Å². The third kappa shape index (κ3) is 5.48. The minimum Gasteiger partial charge on any atom is -0.379 e. The summed E-state index contributed by atoms with van der Waals surface area (Å²) in [6.07, 6.45) is 6.00. The molecule has 2 unspecified atom stereocenters. The van der Waals surface area contributed by atoms with Gasteiger partial charge in [0.2, 0.25) is 11.8 Å². The molecule has 1 saturated carbocycles. The molecule has 2 atom stereocenters. The molecule has 23 heavy (non-hydrogen) atoms. The van der Waals surface area contributed by atoms with Crippen molar-refractivity contribution in [3.63, 3.8) is 0 Å². The molecule has 0 radical (unpaired) electrons. The van der Waals surface area contributed by atoms with E-state index >= 15 is 0 Å². The van der Waals surface area contributed by atoms with Crippen molar-refractivity contribution in [3.8, 4) is 0 Å². The highest BCUT2D eigenvalue weighted by atomic mass is 16.5. The average molecular weight is 324 g/mol. The second-order valence-corrected chi connectivity index (χ2v) is 7.29. The smallest absolute Gasteiger partial charge is 0.226 e. The molecule has 2 rings (SSSR count). The van der Waals surface area contributed by atoms with E-state index in [1.54, 1.807) is 0 Å². The monoisotopic (exact) mass is 324 g/mol. The molecule has 0 spiro atoms. The minimum absolute atomic E-state index is 0.0374. The van der Waals surface area contributed by atoms with Gasteiger partial charge in [-0.2, -0.15) is 0 Å². The van der Waals surface area contributed by atoms with Crippen molar-refractivity contribution in [2.75, 3.05) is 32.8 Å². The first-order valence-electron chi connectivity index (χ1n) is 9.24. The lowest BCUT2D eigenvalue weighted by Crippen LogP contribution is -2.45. The molecule has 1 saturated heterocycles.